The molecule has 3 fully saturated rings. The molecule has 6 nitrogen and oxygen atoms in total. The molecule has 1 aliphatic heterocycles. The molecule has 3 aliphatic rings. The Hall–Kier alpha value is -1.08. The summed E-state index contributed by atoms with van der Waals surface area (Å²) < 4.78 is 5.40. The van der Waals surface area contributed by atoms with Gasteiger partial charge in [-0.25, -0.2) is 0 Å². The average molecular weight is 336 g/mol. The maximum Gasteiger partial charge on any atom is 0.240 e. The lowest BCUT2D eigenvalue weighted by Gasteiger charge is -2.19. The third-order valence-corrected chi connectivity index (χ3v) is 5.63. The van der Waals surface area contributed by atoms with Crippen LogP contribution in [0.25, 0.3) is 0 Å². The first-order valence-electron chi connectivity index (χ1n) is 8.56. The number of aromatic nitrogens is 2. The van der Waals surface area contributed by atoms with Crippen LogP contribution in [0.5, 0.6) is 0 Å². The van der Waals surface area contributed by atoms with Crippen molar-refractivity contribution in [2.45, 2.75) is 44.2 Å². The van der Waals surface area contributed by atoms with Gasteiger partial charge in [0.2, 0.25) is 11.8 Å². The summed E-state index contributed by atoms with van der Waals surface area (Å²) >= 11 is 1.57. The number of nitrogens with zero attached hydrogens (tertiary/aromatic N) is 3. The molecule has 7 heteroatoms. The van der Waals surface area contributed by atoms with Gasteiger partial charge in [0.05, 0.1) is 12.3 Å². The Bertz CT molecular complexity index is 570. The lowest BCUT2D eigenvalue weighted by Crippen LogP contribution is -2.42. The number of hydrogen-bond acceptors (Lipinski definition) is 6. The van der Waals surface area contributed by atoms with Crippen molar-refractivity contribution in [2.24, 2.45) is 11.8 Å². The zero-order valence-electron chi connectivity index (χ0n) is 13.5. The van der Waals surface area contributed by atoms with Crippen molar-refractivity contribution >= 4 is 17.7 Å². The van der Waals surface area contributed by atoms with Crippen molar-refractivity contribution in [1.82, 2.24) is 20.4 Å². The van der Waals surface area contributed by atoms with Gasteiger partial charge < -0.3 is 9.84 Å². The Kier molecular flexibility index (Phi) is 4.32. The topological polar surface area (TPSA) is 71.3 Å². The fourth-order valence-corrected chi connectivity index (χ4v) is 3.95. The zero-order valence-corrected chi connectivity index (χ0v) is 14.3. The molecular weight excluding hydrogens is 312 g/mol. The van der Waals surface area contributed by atoms with Crippen molar-refractivity contribution in [2.75, 3.05) is 25.1 Å². The van der Waals surface area contributed by atoms with Gasteiger partial charge >= 0.3 is 0 Å². The number of carbonyl (C=O) groups is 1. The van der Waals surface area contributed by atoms with E-state index >= 15 is 0 Å². The van der Waals surface area contributed by atoms with Gasteiger partial charge in [0, 0.05) is 25.0 Å². The minimum absolute atomic E-state index is 0.156. The van der Waals surface area contributed by atoms with Gasteiger partial charge in [0.25, 0.3) is 0 Å². The van der Waals surface area contributed by atoms with Gasteiger partial charge in [-0.15, -0.1) is 0 Å². The molecule has 2 saturated carbocycles. The van der Waals surface area contributed by atoms with Crippen molar-refractivity contribution in [3.8, 4) is 0 Å². The fraction of sp³-hybridized carbons (Fsp3) is 0.812. The normalized spacial score (nSPS) is 28.2. The van der Waals surface area contributed by atoms with Gasteiger partial charge in [-0.2, -0.15) is 16.7 Å². The molecule has 0 unspecified atom stereocenters. The molecule has 1 amide bonds. The average Bonchev–Trinajstić information content (AvgIpc) is 3.45. The maximum atomic E-state index is 11.9. The van der Waals surface area contributed by atoms with Crippen LogP contribution < -0.4 is 5.32 Å². The van der Waals surface area contributed by atoms with Crippen LogP contribution in [-0.4, -0.2) is 52.1 Å². The number of thioether (sulfide) groups is 1. The molecule has 0 aromatic carbocycles. The summed E-state index contributed by atoms with van der Waals surface area (Å²) in [6, 6.07) is 0.271. The third-order valence-electron chi connectivity index (χ3n) is 5.08. The van der Waals surface area contributed by atoms with E-state index in [1.165, 1.54) is 25.7 Å². The van der Waals surface area contributed by atoms with Crippen molar-refractivity contribution < 1.29 is 9.32 Å². The summed E-state index contributed by atoms with van der Waals surface area (Å²) in [5, 5.41) is 7.33. The molecule has 0 spiro atoms. The maximum absolute atomic E-state index is 11.9. The number of carbonyl (C=O) groups excluding carboxylic acids is 1. The number of nitrogens with one attached hydrogen (secondary N) is 1. The highest BCUT2D eigenvalue weighted by Crippen LogP contribution is 2.42. The van der Waals surface area contributed by atoms with Crippen LogP contribution in [0.15, 0.2) is 4.52 Å². The summed E-state index contributed by atoms with van der Waals surface area (Å²) in [4.78, 5) is 18.8. The van der Waals surface area contributed by atoms with E-state index in [4.69, 9.17) is 4.52 Å². The van der Waals surface area contributed by atoms with E-state index in [1.54, 1.807) is 11.8 Å². The minimum atomic E-state index is 0.156. The molecule has 1 aromatic heterocycles. The molecule has 0 bridgehead atoms. The first kappa shape index (κ1) is 15.4. The van der Waals surface area contributed by atoms with E-state index in [0.717, 1.165) is 30.7 Å². The van der Waals surface area contributed by atoms with E-state index in [9.17, 15) is 4.79 Å². The fourth-order valence-electron chi connectivity index (χ4n) is 3.61. The van der Waals surface area contributed by atoms with Crippen molar-refractivity contribution in [3.05, 3.63) is 11.7 Å². The Morgan fingerprint density at radius 2 is 2.17 bits per heavy atom. The quantitative estimate of drug-likeness (QED) is 0.816. The Morgan fingerprint density at radius 3 is 2.87 bits per heavy atom. The molecule has 2 aliphatic carbocycles. The largest absolute Gasteiger partial charge is 0.351 e. The molecular formula is C16H24N4O2S. The molecule has 1 saturated heterocycles. The van der Waals surface area contributed by atoms with E-state index in [1.807, 2.05) is 6.26 Å². The van der Waals surface area contributed by atoms with Crippen LogP contribution >= 0.6 is 11.8 Å². The van der Waals surface area contributed by atoms with Crippen LogP contribution in [0.1, 0.15) is 43.3 Å². The Labute approximate surface area is 140 Å². The second kappa shape index (κ2) is 6.43. The summed E-state index contributed by atoms with van der Waals surface area (Å²) in [5.74, 6) is 4.19. The number of amides is 1. The molecule has 4 rings (SSSR count). The number of rotatable bonds is 7. The summed E-state index contributed by atoms with van der Waals surface area (Å²) in [5.41, 5.74) is 0. The molecule has 2 heterocycles. The highest BCUT2D eigenvalue weighted by atomic mass is 32.2. The monoisotopic (exact) mass is 336 g/mol. The SMILES string of the molecule is CSCC(=O)N[C@H]1CN(Cc2nc(C3CC3)no2)C[C@@H]1C1CC1. The highest BCUT2D eigenvalue weighted by molar-refractivity contribution is 7.99. The summed E-state index contributed by atoms with van der Waals surface area (Å²) in [6.07, 6.45) is 6.96. The van der Waals surface area contributed by atoms with Crippen LogP contribution in [0.3, 0.4) is 0 Å². The van der Waals surface area contributed by atoms with Gasteiger partial charge in [-0.05, 0) is 43.8 Å². The smallest absolute Gasteiger partial charge is 0.240 e. The summed E-state index contributed by atoms with van der Waals surface area (Å²) in [7, 11) is 0. The molecule has 2 atom stereocenters. The summed E-state index contributed by atoms with van der Waals surface area (Å²) in [6.45, 7) is 2.62. The Morgan fingerprint density at radius 1 is 1.35 bits per heavy atom. The van der Waals surface area contributed by atoms with Crippen molar-refractivity contribution in [3.63, 3.8) is 0 Å². The van der Waals surface area contributed by atoms with E-state index in [0.29, 0.717) is 24.1 Å². The first-order chi connectivity index (χ1) is 11.2. The van der Waals surface area contributed by atoms with Crippen LogP contribution in [0.4, 0.5) is 0 Å². The molecule has 23 heavy (non-hydrogen) atoms. The second-order valence-electron chi connectivity index (χ2n) is 7.12. The molecule has 1 N–H and O–H groups in total. The van der Waals surface area contributed by atoms with E-state index in [2.05, 4.69) is 20.4 Å². The molecule has 1 aromatic rings. The predicted molar refractivity (Wildman–Crippen MR) is 88.1 cm³/mol. The lowest BCUT2D eigenvalue weighted by atomic mass is 9.98. The van der Waals surface area contributed by atoms with Crippen LogP contribution in [-0.2, 0) is 11.3 Å². The second-order valence-corrected chi connectivity index (χ2v) is 7.99. The van der Waals surface area contributed by atoms with E-state index in [-0.39, 0.29) is 11.9 Å². The van der Waals surface area contributed by atoms with E-state index < -0.39 is 0 Å². The molecule has 126 valence electrons. The highest BCUT2D eigenvalue weighted by Gasteiger charge is 2.43. The van der Waals surface area contributed by atoms with Crippen LogP contribution in [0, 0.1) is 11.8 Å². The van der Waals surface area contributed by atoms with Crippen molar-refractivity contribution in [1.29, 1.82) is 0 Å². The van der Waals surface area contributed by atoms with Gasteiger partial charge in [0.1, 0.15) is 0 Å². The lowest BCUT2D eigenvalue weighted by molar-refractivity contribution is -0.119. The number of hydrogen-bond donors (Lipinski definition) is 1. The predicted octanol–water partition coefficient (Wildman–Crippen LogP) is 1.64. The Balaban J connectivity index is 1.36. The van der Waals surface area contributed by atoms with Gasteiger partial charge in [-0.3, -0.25) is 9.69 Å². The molecule has 0 radical (unpaired) electrons. The minimum Gasteiger partial charge on any atom is -0.351 e. The van der Waals surface area contributed by atoms with Gasteiger partial charge in [0.15, 0.2) is 5.82 Å². The van der Waals surface area contributed by atoms with Crippen LogP contribution in [0.2, 0.25) is 0 Å². The van der Waals surface area contributed by atoms with Gasteiger partial charge in [-0.1, -0.05) is 5.16 Å². The number of likely N-dealkylation sites (tertiary alicyclic amines) is 1. The first-order valence-corrected chi connectivity index (χ1v) is 9.95. The zero-order chi connectivity index (χ0) is 15.8. The standard InChI is InChI=1S/C16H24N4O2S/c1-23-9-14(21)17-13-7-20(6-12(13)10-2-3-10)8-15-18-16(19-22-15)11-4-5-11/h10-13H,2-9H2,1H3,(H,17,21)/t12-,13+/m1/s1. The third kappa shape index (κ3) is 3.71.